The molecule has 0 radical (unpaired) electrons. The highest BCUT2D eigenvalue weighted by atomic mass is 19.1. The minimum atomic E-state index is -0.523. The van der Waals surface area contributed by atoms with Crippen LogP contribution in [-0.4, -0.2) is 12.5 Å². The van der Waals surface area contributed by atoms with Crippen molar-refractivity contribution in [2.45, 2.75) is 31.1 Å². The molecule has 1 saturated carbocycles. The number of hydrogen-bond acceptors (Lipinski definition) is 1. The SMILES string of the molecule is C#CCNC(=O)C1(c2ccc(F)cc2)CCCC1. The highest BCUT2D eigenvalue weighted by Crippen LogP contribution is 2.41. The zero-order valence-corrected chi connectivity index (χ0v) is 10.2. The summed E-state index contributed by atoms with van der Waals surface area (Å²) in [6, 6.07) is 6.22. The second-order valence-corrected chi connectivity index (χ2v) is 4.68. The Morgan fingerprint density at radius 2 is 1.94 bits per heavy atom. The topological polar surface area (TPSA) is 29.1 Å². The van der Waals surface area contributed by atoms with Crippen molar-refractivity contribution < 1.29 is 9.18 Å². The first-order valence-corrected chi connectivity index (χ1v) is 6.17. The number of benzene rings is 1. The molecule has 0 atom stereocenters. The van der Waals surface area contributed by atoms with Crippen molar-refractivity contribution in [1.82, 2.24) is 5.32 Å². The Bertz CT molecular complexity index is 466. The molecular weight excluding hydrogens is 229 g/mol. The van der Waals surface area contributed by atoms with Crippen molar-refractivity contribution in [3.8, 4) is 12.3 Å². The molecule has 1 aliphatic rings. The third kappa shape index (κ3) is 2.24. The van der Waals surface area contributed by atoms with Gasteiger partial charge >= 0.3 is 0 Å². The number of carbonyl (C=O) groups is 1. The molecule has 0 bridgehead atoms. The Morgan fingerprint density at radius 3 is 2.50 bits per heavy atom. The standard InChI is InChI=1S/C15H16FNO/c1-2-11-17-14(18)15(9-3-4-10-15)12-5-7-13(16)8-6-12/h1,5-8H,3-4,9-11H2,(H,17,18). The van der Waals surface area contributed by atoms with Crippen LogP contribution in [0.3, 0.4) is 0 Å². The van der Waals surface area contributed by atoms with Crippen LogP contribution in [0.4, 0.5) is 4.39 Å². The van der Waals surface area contributed by atoms with E-state index in [2.05, 4.69) is 11.2 Å². The van der Waals surface area contributed by atoms with Gasteiger partial charge in [-0.3, -0.25) is 4.79 Å². The van der Waals surface area contributed by atoms with E-state index in [1.54, 1.807) is 12.1 Å². The number of amides is 1. The Kier molecular flexibility index (Phi) is 3.66. The van der Waals surface area contributed by atoms with E-state index in [0.717, 1.165) is 31.2 Å². The van der Waals surface area contributed by atoms with Crippen LogP contribution in [0.5, 0.6) is 0 Å². The van der Waals surface area contributed by atoms with Crippen molar-refractivity contribution in [2.75, 3.05) is 6.54 Å². The minimum absolute atomic E-state index is 0.0374. The third-order valence-corrected chi connectivity index (χ3v) is 3.64. The van der Waals surface area contributed by atoms with Crippen LogP contribution in [0.1, 0.15) is 31.2 Å². The van der Waals surface area contributed by atoms with Gasteiger partial charge in [0.25, 0.3) is 0 Å². The maximum atomic E-state index is 13.0. The molecule has 0 aromatic heterocycles. The zero-order chi connectivity index (χ0) is 13.0. The lowest BCUT2D eigenvalue weighted by Gasteiger charge is -2.28. The van der Waals surface area contributed by atoms with Gasteiger partial charge in [0.2, 0.25) is 5.91 Å². The van der Waals surface area contributed by atoms with Gasteiger partial charge in [0.1, 0.15) is 5.82 Å². The van der Waals surface area contributed by atoms with E-state index >= 15 is 0 Å². The van der Waals surface area contributed by atoms with Crippen LogP contribution in [0.15, 0.2) is 24.3 Å². The molecule has 0 aliphatic heterocycles. The Morgan fingerprint density at radius 1 is 1.33 bits per heavy atom. The van der Waals surface area contributed by atoms with Gasteiger partial charge in [-0.25, -0.2) is 4.39 Å². The molecule has 0 heterocycles. The van der Waals surface area contributed by atoms with Gasteiger partial charge in [-0.2, -0.15) is 0 Å². The zero-order valence-electron chi connectivity index (χ0n) is 10.2. The molecule has 94 valence electrons. The number of nitrogens with one attached hydrogen (secondary N) is 1. The third-order valence-electron chi connectivity index (χ3n) is 3.64. The van der Waals surface area contributed by atoms with E-state index in [-0.39, 0.29) is 18.3 Å². The maximum Gasteiger partial charge on any atom is 0.231 e. The molecule has 1 aromatic rings. The van der Waals surface area contributed by atoms with E-state index in [1.165, 1.54) is 12.1 Å². The smallest absolute Gasteiger partial charge is 0.231 e. The molecule has 2 nitrogen and oxygen atoms in total. The predicted octanol–water partition coefficient (Wildman–Crippen LogP) is 2.39. The van der Waals surface area contributed by atoms with Crippen LogP contribution >= 0.6 is 0 Å². The van der Waals surface area contributed by atoms with Gasteiger partial charge in [0, 0.05) is 0 Å². The Balaban J connectivity index is 2.29. The van der Waals surface area contributed by atoms with Crippen LogP contribution in [0, 0.1) is 18.2 Å². The summed E-state index contributed by atoms with van der Waals surface area (Å²) in [5.74, 6) is 2.09. The van der Waals surface area contributed by atoms with Gasteiger partial charge in [-0.15, -0.1) is 6.42 Å². The molecule has 1 aliphatic carbocycles. The van der Waals surface area contributed by atoms with E-state index in [4.69, 9.17) is 6.42 Å². The quantitative estimate of drug-likeness (QED) is 0.814. The summed E-state index contributed by atoms with van der Waals surface area (Å²) in [5, 5.41) is 2.76. The molecular formula is C15H16FNO. The van der Waals surface area contributed by atoms with Gasteiger partial charge in [-0.05, 0) is 30.5 Å². The molecule has 1 amide bonds. The molecule has 0 unspecified atom stereocenters. The van der Waals surface area contributed by atoms with Crippen LogP contribution in [-0.2, 0) is 10.2 Å². The maximum absolute atomic E-state index is 13.0. The van der Waals surface area contributed by atoms with Crippen molar-refractivity contribution in [3.63, 3.8) is 0 Å². The normalized spacial score (nSPS) is 17.1. The van der Waals surface area contributed by atoms with Crippen molar-refractivity contribution in [1.29, 1.82) is 0 Å². The number of terminal acetylenes is 1. The molecule has 0 saturated heterocycles. The van der Waals surface area contributed by atoms with Crippen LogP contribution in [0.2, 0.25) is 0 Å². The van der Waals surface area contributed by atoms with E-state index in [1.807, 2.05) is 0 Å². The summed E-state index contributed by atoms with van der Waals surface area (Å²) >= 11 is 0. The number of carbonyl (C=O) groups excluding carboxylic acids is 1. The summed E-state index contributed by atoms with van der Waals surface area (Å²) in [6.07, 6.45) is 8.79. The predicted molar refractivity (Wildman–Crippen MR) is 68.4 cm³/mol. The number of halogens is 1. The van der Waals surface area contributed by atoms with Crippen molar-refractivity contribution in [2.24, 2.45) is 0 Å². The lowest BCUT2D eigenvalue weighted by atomic mass is 9.78. The summed E-state index contributed by atoms with van der Waals surface area (Å²) in [4.78, 5) is 12.3. The van der Waals surface area contributed by atoms with Crippen molar-refractivity contribution in [3.05, 3.63) is 35.6 Å². The fraction of sp³-hybridized carbons (Fsp3) is 0.400. The van der Waals surface area contributed by atoms with E-state index < -0.39 is 5.41 Å². The van der Waals surface area contributed by atoms with Crippen LogP contribution in [0.25, 0.3) is 0 Å². The summed E-state index contributed by atoms with van der Waals surface area (Å²) in [5.41, 5.74) is 0.362. The Labute approximate surface area is 107 Å². The second-order valence-electron chi connectivity index (χ2n) is 4.68. The molecule has 1 aromatic carbocycles. The average Bonchev–Trinajstić information content (AvgIpc) is 2.87. The fourth-order valence-electron chi connectivity index (χ4n) is 2.69. The average molecular weight is 245 g/mol. The number of rotatable bonds is 3. The summed E-state index contributed by atoms with van der Waals surface area (Å²) in [7, 11) is 0. The molecule has 0 spiro atoms. The van der Waals surface area contributed by atoms with Gasteiger partial charge in [0.15, 0.2) is 0 Å². The molecule has 2 rings (SSSR count). The van der Waals surface area contributed by atoms with Gasteiger partial charge in [-0.1, -0.05) is 30.9 Å². The summed E-state index contributed by atoms with van der Waals surface area (Å²) < 4.78 is 13.0. The minimum Gasteiger partial charge on any atom is -0.344 e. The monoisotopic (exact) mass is 245 g/mol. The first-order chi connectivity index (χ1) is 8.69. The highest BCUT2D eigenvalue weighted by Gasteiger charge is 2.42. The van der Waals surface area contributed by atoms with Gasteiger partial charge in [0.05, 0.1) is 12.0 Å². The van der Waals surface area contributed by atoms with E-state index in [0.29, 0.717) is 0 Å². The first kappa shape index (κ1) is 12.6. The molecule has 18 heavy (non-hydrogen) atoms. The largest absolute Gasteiger partial charge is 0.344 e. The molecule has 1 N–H and O–H groups in total. The second kappa shape index (κ2) is 5.22. The van der Waals surface area contributed by atoms with Gasteiger partial charge < -0.3 is 5.32 Å². The van der Waals surface area contributed by atoms with Crippen LogP contribution < -0.4 is 5.32 Å². The lowest BCUT2D eigenvalue weighted by Crippen LogP contribution is -2.42. The fourth-order valence-corrected chi connectivity index (χ4v) is 2.69. The lowest BCUT2D eigenvalue weighted by molar-refractivity contribution is -0.126. The van der Waals surface area contributed by atoms with Crippen molar-refractivity contribution >= 4 is 5.91 Å². The number of hydrogen-bond donors (Lipinski definition) is 1. The highest BCUT2D eigenvalue weighted by molar-refractivity contribution is 5.88. The Hall–Kier alpha value is -1.82. The first-order valence-electron chi connectivity index (χ1n) is 6.17. The summed E-state index contributed by atoms with van der Waals surface area (Å²) in [6.45, 7) is 0.238. The molecule has 3 heteroatoms. The van der Waals surface area contributed by atoms with E-state index in [9.17, 15) is 9.18 Å². The molecule has 1 fully saturated rings.